The summed E-state index contributed by atoms with van der Waals surface area (Å²) in [7, 11) is 0. The molecular formula is C10H8O4. The summed E-state index contributed by atoms with van der Waals surface area (Å²) < 4.78 is 4.99. The van der Waals surface area contributed by atoms with Crippen LogP contribution in [0.15, 0.2) is 40.4 Å². The summed E-state index contributed by atoms with van der Waals surface area (Å²) in [5.41, 5.74) is 0.0370. The van der Waals surface area contributed by atoms with Gasteiger partial charge in [0.1, 0.15) is 11.3 Å². The standard InChI is InChI=1S/C10H8O4/c11-6-3-4-7(12)10(13)9(6)8-2-1-5-14-8/h1-2,4-5,12-13H,3H2. The van der Waals surface area contributed by atoms with Gasteiger partial charge in [0.2, 0.25) is 0 Å². The Kier molecular flexibility index (Phi) is 1.89. The second-order valence-corrected chi connectivity index (χ2v) is 2.92. The lowest BCUT2D eigenvalue weighted by Crippen LogP contribution is -2.09. The Morgan fingerprint density at radius 3 is 2.79 bits per heavy atom. The molecule has 0 radical (unpaired) electrons. The molecule has 14 heavy (non-hydrogen) atoms. The van der Waals surface area contributed by atoms with Gasteiger partial charge in [0.05, 0.1) is 6.26 Å². The zero-order chi connectivity index (χ0) is 10.1. The van der Waals surface area contributed by atoms with Gasteiger partial charge in [-0.25, -0.2) is 0 Å². The number of hydrogen-bond acceptors (Lipinski definition) is 4. The van der Waals surface area contributed by atoms with Crippen LogP contribution in [0.3, 0.4) is 0 Å². The number of rotatable bonds is 1. The van der Waals surface area contributed by atoms with Gasteiger partial charge >= 0.3 is 0 Å². The van der Waals surface area contributed by atoms with E-state index in [4.69, 9.17) is 4.42 Å². The predicted molar refractivity (Wildman–Crippen MR) is 48.6 cm³/mol. The molecule has 1 heterocycles. The smallest absolute Gasteiger partial charge is 0.174 e. The molecule has 0 aliphatic heterocycles. The Labute approximate surface area is 79.8 Å². The number of hydrogen-bond donors (Lipinski definition) is 2. The fraction of sp³-hybridized carbons (Fsp3) is 0.100. The molecule has 0 unspecified atom stereocenters. The van der Waals surface area contributed by atoms with Crippen LogP contribution in [0.1, 0.15) is 12.2 Å². The monoisotopic (exact) mass is 192 g/mol. The lowest BCUT2D eigenvalue weighted by molar-refractivity contribution is -0.113. The van der Waals surface area contributed by atoms with E-state index in [2.05, 4.69) is 0 Å². The number of carbonyl (C=O) groups excluding carboxylic acids is 1. The fourth-order valence-corrected chi connectivity index (χ4v) is 1.32. The number of Topliss-reactive ketones (excluding diaryl/α,β-unsaturated/α-hetero) is 1. The Bertz CT molecular complexity index is 423. The van der Waals surface area contributed by atoms with Crippen molar-refractivity contribution in [1.29, 1.82) is 0 Å². The molecule has 2 rings (SSSR count). The van der Waals surface area contributed by atoms with E-state index in [-0.39, 0.29) is 29.3 Å². The number of allylic oxidation sites excluding steroid dienone is 2. The zero-order valence-electron chi connectivity index (χ0n) is 7.23. The van der Waals surface area contributed by atoms with Crippen LogP contribution in [0.5, 0.6) is 0 Å². The third-order valence-corrected chi connectivity index (χ3v) is 2.01. The molecule has 0 atom stereocenters. The van der Waals surface area contributed by atoms with Gasteiger partial charge in [0, 0.05) is 6.42 Å². The Balaban J connectivity index is 2.55. The molecule has 0 spiro atoms. The van der Waals surface area contributed by atoms with Gasteiger partial charge in [-0.3, -0.25) is 4.79 Å². The highest BCUT2D eigenvalue weighted by atomic mass is 16.3. The van der Waals surface area contributed by atoms with Gasteiger partial charge in [-0.1, -0.05) is 0 Å². The quantitative estimate of drug-likeness (QED) is 0.713. The maximum absolute atomic E-state index is 11.4. The van der Waals surface area contributed by atoms with Crippen LogP contribution in [-0.4, -0.2) is 16.0 Å². The van der Waals surface area contributed by atoms with Gasteiger partial charge in [0.15, 0.2) is 17.3 Å². The number of ketones is 1. The van der Waals surface area contributed by atoms with E-state index in [1.54, 1.807) is 12.1 Å². The van der Waals surface area contributed by atoms with Crippen molar-refractivity contribution in [3.63, 3.8) is 0 Å². The molecular weight excluding hydrogens is 184 g/mol. The Morgan fingerprint density at radius 1 is 1.36 bits per heavy atom. The van der Waals surface area contributed by atoms with Crippen molar-refractivity contribution in [3.8, 4) is 0 Å². The summed E-state index contributed by atoms with van der Waals surface area (Å²) in [5, 5.41) is 18.7. The molecule has 1 aromatic heterocycles. The van der Waals surface area contributed by atoms with Crippen LogP contribution in [0.4, 0.5) is 0 Å². The number of aliphatic hydroxyl groups is 2. The van der Waals surface area contributed by atoms with Crippen molar-refractivity contribution in [1.82, 2.24) is 0 Å². The Morgan fingerprint density at radius 2 is 2.14 bits per heavy atom. The van der Waals surface area contributed by atoms with E-state index < -0.39 is 5.76 Å². The van der Waals surface area contributed by atoms with Crippen molar-refractivity contribution in [2.24, 2.45) is 0 Å². The van der Waals surface area contributed by atoms with E-state index in [1.807, 2.05) is 0 Å². The Hall–Kier alpha value is -1.97. The van der Waals surface area contributed by atoms with Crippen molar-refractivity contribution in [3.05, 3.63) is 41.8 Å². The first-order valence-corrected chi connectivity index (χ1v) is 4.10. The van der Waals surface area contributed by atoms with Crippen LogP contribution in [-0.2, 0) is 4.79 Å². The topological polar surface area (TPSA) is 70.7 Å². The first-order chi connectivity index (χ1) is 6.70. The third-order valence-electron chi connectivity index (χ3n) is 2.01. The minimum Gasteiger partial charge on any atom is -0.504 e. The molecule has 2 N–H and O–H groups in total. The molecule has 0 bridgehead atoms. The lowest BCUT2D eigenvalue weighted by Gasteiger charge is -2.10. The highest BCUT2D eigenvalue weighted by molar-refractivity contribution is 6.22. The predicted octanol–water partition coefficient (Wildman–Crippen LogP) is 1.96. The van der Waals surface area contributed by atoms with E-state index in [9.17, 15) is 15.0 Å². The third kappa shape index (κ3) is 1.21. The molecule has 1 aliphatic rings. The zero-order valence-corrected chi connectivity index (χ0v) is 7.23. The van der Waals surface area contributed by atoms with Gasteiger partial charge in [-0.15, -0.1) is 0 Å². The number of furan rings is 1. The molecule has 1 aromatic rings. The number of aliphatic hydroxyl groups excluding tert-OH is 2. The molecule has 0 fully saturated rings. The molecule has 1 aliphatic carbocycles. The first kappa shape index (κ1) is 8.62. The maximum Gasteiger partial charge on any atom is 0.174 e. The molecule has 0 amide bonds. The molecule has 72 valence electrons. The van der Waals surface area contributed by atoms with Crippen molar-refractivity contribution in [2.45, 2.75) is 6.42 Å². The van der Waals surface area contributed by atoms with E-state index in [0.717, 1.165) is 0 Å². The van der Waals surface area contributed by atoms with Crippen LogP contribution in [0.2, 0.25) is 0 Å². The first-order valence-electron chi connectivity index (χ1n) is 4.10. The summed E-state index contributed by atoms with van der Waals surface area (Å²) in [6, 6.07) is 3.17. The van der Waals surface area contributed by atoms with Crippen LogP contribution >= 0.6 is 0 Å². The molecule has 0 aromatic carbocycles. The minimum atomic E-state index is -0.420. The second-order valence-electron chi connectivity index (χ2n) is 2.92. The largest absolute Gasteiger partial charge is 0.504 e. The summed E-state index contributed by atoms with van der Waals surface area (Å²) in [6.45, 7) is 0. The summed E-state index contributed by atoms with van der Waals surface area (Å²) in [5.74, 6) is -0.699. The summed E-state index contributed by atoms with van der Waals surface area (Å²) in [6.07, 6.45) is 2.74. The molecule has 4 nitrogen and oxygen atoms in total. The van der Waals surface area contributed by atoms with Crippen LogP contribution in [0.25, 0.3) is 5.57 Å². The van der Waals surface area contributed by atoms with Gasteiger partial charge in [-0.05, 0) is 18.2 Å². The van der Waals surface area contributed by atoms with Crippen molar-refractivity contribution in [2.75, 3.05) is 0 Å². The summed E-state index contributed by atoms with van der Waals surface area (Å²) in [4.78, 5) is 11.4. The van der Waals surface area contributed by atoms with E-state index >= 15 is 0 Å². The maximum atomic E-state index is 11.4. The molecule has 0 saturated carbocycles. The highest BCUT2D eigenvalue weighted by Crippen LogP contribution is 2.27. The lowest BCUT2D eigenvalue weighted by atomic mass is 9.99. The molecule has 4 heteroatoms. The highest BCUT2D eigenvalue weighted by Gasteiger charge is 2.25. The summed E-state index contributed by atoms with van der Waals surface area (Å²) >= 11 is 0. The van der Waals surface area contributed by atoms with Crippen LogP contribution in [0, 0.1) is 0 Å². The normalized spacial score (nSPS) is 17.1. The minimum absolute atomic E-state index is 0.0370. The SMILES string of the molecule is O=C1CC=C(O)C(O)=C1c1ccco1. The fourth-order valence-electron chi connectivity index (χ4n) is 1.32. The van der Waals surface area contributed by atoms with Crippen molar-refractivity contribution < 1.29 is 19.4 Å². The van der Waals surface area contributed by atoms with Crippen molar-refractivity contribution >= 4 is 11.4 Å². The second kappa shape index (κ2) is 3.06. The van der Waals surface area contributed by atoms with Crippen LogP contribution < -0.4 is 0 Å². The van der Waals surface area contributed by atoms with Gasteiger partial charge in [-0.2, -0.15) is 0 Å². The average Bonchev–Trinajstić information content (AvgIpc) is 2.65. The van der Waals surface area contributed by atoms with Gasteiger partial charge < -0.3 is 14.6 Å². The average molecular weight is 192 g/mol. The number of carbonyl (C=O) groups is 1. The van der Waals surface area contributed by atoms with E-state index in [0.29, 0.717) is 0 Å². The van der Waals surface area contributed by atoms with E-state index in [1.165, 1.54) is 12.3 Å². The van der Waals surface area contributed by atoms with Gasteiger partial charge in [0.25, 0.3) is 0 Å². The molecule has 0 saturated heterocycles.